The highest BCUT2D eigenvalue weighted by atomic mass is 16.5. The number of benzene rings is 1. The molecule has 0 aromatic heterocycles. The molecular formula is C33H57NO5. The number of aliphatic imine (C=N–C) groups is 1. The van der Waals surface area contributed by atoms with Gasteiger partial charge in [-0.1, -0.05) is 117 Å². The third-order valence-corrected chi connectivity index (χ3v) is 7.26. The lowest BCUT2D eigenvalue weighted by Gasteiger charge is -2.14. The molecule has 0 saturated heterocycles. The summed E-state index contributed by atoms with van der Waals surface area (Å²) in [5.41, 5.74) is 0.886. The van der Waals surface area contributed by atoms with Gasteiger partial charge in [0.1, 0.15) is 11.4 Å². The monoisotopic (exact) mass is 547 g/mol. The van der Waals surface area contributed by atoms with Gasteiger partial charge in [-0.2, -0.15) is 0 Å². The second-order valence-electron chi connectivity index (χ2n) is 10.8. The first kappa shape index (κ1) is 34.8. The van der Waals surface area contributed by atoms with Crippen LogP contribution in [0, 0.1) is 0 Å². The third kappa shape index (κ3) is 16.5. The number of unbranched alkanes of at least 4 members (excludes halogenated alkanes) is 16. The Balaban J connectivity index is 2.34. The molecule has 0 spiro atoms. The van der Waals surface area contributed by atoms with Crippen molar-refractivity contribution in [3.63, 3.8) is 0 Å². The lowest BCUT2D eigenvalue weighted by molar-refractivity contribution is -0.143. The maximum absolute atomic E-state index is 11.9. The number of carbonyl (C=O) groups excluding carboxylic acids is 1. The summed E-state index contributed by atoms with van der Waals surface area (Å²) in [5.74, 6) is 0.0782. The number of phenols is 2. The molecule has 1 aromatic carbocycles. The van der Waals surface area contributed by atoms with Crippen molar-refractivity contribution in [3.8, 4) is 17.2 Å². The molecule has 1 rings (SSSR count). The van der Waals surface area contributed by atoms with Crippen LogP contribution in [0.4, 0.5) is 5.69 Å². The van der Waals surface area contributed by atoms with Crippen LogP contribution in [0.25, 0.3) is 0 Å². The summed E-state index contributed by atoms with van der Waals surface area (Å²) < 4.78 is 10.6. The van der Waals surface area contributed by atoms with Gasteiger partial charge in [-0.15, -0.1) is 0 Å². The number of nitrogens with zero attached hydrogens (tertiary/aromatic N) is 1. The first-order valence-electron chi connectivity index (χ1n) is 15.8. The number of ether oxygens (including phenoxy) is 2. The number of phenolic OH excluding ortho intramolecular Hbond substituents is 2. The van der Waals surface area contributed by atoms with Gasteiger partial charge < -0.3 is 19.7 Å². The van der Waals surface area contributed by atoms with Crippen molar-refractivity contribution >= 4 is 17.9 Å². The van der Waals surface area contributed by atoms with Gasteiger partial charge in [0.05, 0.1) is 20.1 Å². The Morgan fingerprint density at radius 2 is 1.31 bits per heavy atom. The number of aromatic hydroxyl groups is 2. The zero-order valence-corrected chi connectivity index (χ0v) is 25.3. The summed E-state index contributed by atoms with van der Waals surface area (Å²) in [5, 5.41) is 21.3. The first-order chi connectivity index (χ1) is 19.0. The fourth-order valence-corrected chi connectivity index (χ4v) is 4.87. The second kappa shape index (κ2) is 23.6. The summed E-state index contributed by atoms with van der Waals surface area (Å²) in [6, 6.07) is 1.41. The van der Waals surface area contributed by atoms with E-state index in [-0.39, 0.29) is 23.9 Å². The molecule has 0 aliphatic heterocycles. The average molecular weight is 548 g/mol. The largest absolute Gasteiger partial charge is 0.505 e. The van der Waals surface area contributed by atoms with E-state index >= 15 is 0 Å². The van der Waals surface area contributed by atoms with Crippen LogP contribution in [-0.4, -0.2) is 36.1 Å². The highest BCUT2D eigenvalue weighted by Crippen LogP contribution is 2.44. The van der Waals surface area contributed by atoms with E-state index in [2.05, 4.69) is 18.8 Å². The molecule has 6 heteroatoms. The Morgan fingerprint density at radius 3 is 1.85 bits per heavy atom. The van der Waals surface area contributed by atoms with Crippen molar-refractivity contribution in [2.24, 2.45) is 4.99 Å². The Bertz CT molecular complexity index is 793. The predicted molar refractivity (Wildman–Crippen MR) is 163 cm³/mol. The van der Waals surface area contributed by atoms with Crippen molar-refractivity contribution in [2.75, 3.05) is 13.7 Å². The molecule has 0 saturated carbocycles. The molecule has 0 fully saturated rings. The average Bonchev–Trinajstić information content (AvgIpc) is 2.93. The lowest BCUT2D eigenvalue weighted by Crippen LogP contribution is -2.05. The molecule has 0 heterocycles. The van der Waals surface area contributed by atoms with E-state index in [9.17, 15) is 15.0 Å². The van der Waals surface area contributed by atoms with Crippen molar-refractivity contribution in [3.05, 3.63) is 11.6 Å². The summed E-state index contributed by atoms with van der Waals surface area (Å²) in [6.45, 7) is 4.88. The SMILES string of the molecule is CCCCCCCCCCCCCCCCc1c(O)c(N=CCCC(=O)OCCCCCC)cc(O)c1OC. The first-order valence-corrected chi connectivity index (χ1v) is 15.8. The van der Waals surface area contributed by atoms with Crippen LogP contribution < -0.4 is 4.74 Å². The smallest absolute Gasteiger partial charge is 0.306 e. The molecule has 0 bridgehead atoms. The van der Waals surface area contributed by atoms with E-state index in [0.29, 0.717) is 36.4 Å². The predicted octanol–water partition coefficient (Wildman–Crippen LogP) is 9.74. The van der Waals surface area contributed by atoms with Crippen LogP contribution in [0.2, 0.25) is 0 Å². The quantitative estimate of drug-likeness (QED) is 0.0550. The summed E-state index contributed by atoms with van der Waals surface area (Å²) >= 11 is 0. The number of rotatable bonds is 25. The van der Waals surface area contributed by atoms with Crippen LogP contribution in [-0.2, 0) is 16.0 Å². The molecule has 0 amide bonds. The van der Waals surface area contributed by atoms with Crippen LogP contribution >= 0.6 is 0 Å². The van der Waals surface area contributed by atoms with Gasteiger partial charge in [-0.25, -0.2) is 0 Å². The van der Waals surface area contributed by atoms with Crippen LogP contribution in [0.5, 0.6) is 17.2 Å². The molecule has 6 nitrogen and oxygen atoms in total. The molecule has 0 atom stereocenters. The van der Waals surface area contributed by atoms with Gasteiger partial charge in [0.15, 0.2) is 11.5 Å². The van der Waals surface area contributed by atoms with E-state index in [4.69, 9.17) is 9.47 Å². The molecule has 2 N–H and O–H groups in total. The van der Waals surface area contributed by atoms with E-state index in [0.717, 1.165) is 38.5 Å². The van der Waals surface area contributed by atoms with Crippen LogP contribution in [0.3, 0.4) is 0 Å². The molecule has 0 aliphatic carbocycles. The van der Waals surface area contributed by atoms with Crippen molar-refractivity contribution < 1.29 is 24.5 Å². The Hall–Kier alpha value is -2.24. The maximum Gasteiger partial charge on any atom is 0.306 e. The van der Waals surface area contributed by atoms with E-state index in [1.54, 1.807) is 6.21 Å². The van der Waals surface area contributed by atoms with E-state index in [1.165, 1.54) is 90.2 Å². The topological polar surface area (TPSA) is 88.4 Å². The molecule has 39 heavy (non-hydrogen) atoms. The fraction of sp³-hybridized carbons (Fsp3) is 0.758. The third-order valence-electron chi connectivity index (χ3n) is 7.26. The highest BCUT2D eigenvalue weighted by molar-refractivity contribution is 5.76. The summed E-state index contributed by atoms with van der Waals surface area (Å²) in [6.07, 6.45) is 25.2. The second-order valence-corrected chi connectivity index (χ2v) is 10.8. The van der Waals surface area contributed by atoms with Gasteiger partial charge in [0, 0.05) is 17.8 Å². The number of carbonyl (C=O) groups is 1. The van der Waals surface area contributed by atoms with Crippen molar-refractivity contribution in [1.82, 2.24) is 0 Å². The molecule has 224 valence electrons. The van der Waals surface area contributed by atoms with Crippen LogP contribution in [0.1, 0.15) is 148 Å². The van der Waals surface area contributed by atoms with Crippen molar-refractivity contribution in [2.45, 2.75) is 149 Å². The van der Waals surface area contributed by atoms with E-state index < -0.39 is 0 Å². The lowest BCUT2D eigenvalue weighted by atomic mass is 10.0. The minimum absolute atomic E-state index is 0.0331. The Kier molecular flexibility index (Phi) is 21.1. The van der Waals surface area contributed by atoms with Gasteiger partial charge in [-0.05, 0) is 25.7 Å². The van der Waals surface area contributed by atoms with E-state index in [1.807, 2.05) is 0 Å². The van der Waals surface area contributed by atoms with Crippen LogP contribution in [0.15, 0.2) is 11.1 Å². The van der Waals surface area contributed by atoms with Gasteiger partial charge in [0.2, 0.25) is 0 Å². The molecule has 0 unspecified atom stereocenters. The standard InChI is InChI=1S/C33H57NO5/c1-4-6-8-10-11-12-13-14-15-16-17-18-19-20-23-28-32(37)29(27-30(35)33(28)38-3)34-25-22-24-31(36)39-26-21-9-7-5-2/h25,27,35,37H,4-24,26H2,1-3H3. The number of hydrogen-bond donors (Lipinski definition) is 2. The maximum atomic E-state index is 11.9. The molecule has 0 radical (unpaired) electrons. The fourth-order valence-electron chi connectivity index (χ4n) is 4.87. The Labute approximate surface area is 238 Å². The Morgan fingerprint density at radius 1 is 0.795 bits per heavy atom. The minimum Gasteiger partial charge on any atom is -0.505 e. The zero-order valence-electron chi connectivity index (χ0n) is 25.3. The summed E-state index contributed by atoms with van der Waals surface area (Å²) in [4.78, 5) is 16.2. The summed E-state index contributed by atoms with van der Waals surface area (Å²) in [7, 11) is 1.50. The normalized spacial score (nSPS) is 11.4. The minimum atomic E-state index is -0.238. The van der Waals surface area contributed by atoms with Gasteiger partial charge in [0.25, 0.3) is 0 Å². The van der Waals surface area contributed by atoms with Gasteiger partial charge >= 0.3 is 5.97 Å². The highest BCUT2D eigenvalue weighted by Gasteiger charge is 2.17. The number of hydrogen-bond acceptors (Lipinski definition) is 6. The molecular weight excluding hydrogens is 490 g/mol. The van der Waals surface area contributed by atoms with Crippen molar-refractivity contribution in [1.29, 1.82) is 0 Å². The number of methoxy groups -OCH3 is 1. The molecule has 1 aromatic rings. The number of esters is 1. The molecule has 0 aliphatic rings. The zero-order chi connectivity index (χ0) is 28.6. The van der Waals surface area contributed by atoms with Gasteiger partial charge in [-0.3, -0.25) is 9.79 Å².